The number of aromatic nitrogens is 1. The summed E-state index contributed by atoms with van der Waals surface area (Å²) in [5.41, 5.74) is 3.07. The Bertz CT molecular complexity index is 743. The Morgan fingerprint density at radius 3 is 3.08 bits per heavy atom. The van der Waals surface area contributed by atoms with E-state index in [9.17, 15) is 4.79 Å². The summed E-state index contributed by atoms with van der Waals surface area (Å²) in [5, 5.41) is 3.88. The molecule has 0 fully saturated rings. The van der Waals surface area contributed by atoms with Crippen LogP contribution in [0.5, 0.6) is 11.7 Å². The molecule has 1 amide bonds. The Balaban J connectivity index is 1.99. The van der Waals surface area contributed by atoms with Gasteiger partial charge in [-0.05, 0) is 25.1 Å². The Hall–Kier alpha value is -2.61. The molecule has 0 aliphatic heterocycles. The summed E-state index contributed by atoms with van der Waals surface area (Å²) in [4.78, 5) is 15.7. The number of nitrogens with zero attached hydrogens (tertiary/aromatic N) is 2. The summed E-state index contributed by atoms with van der Waals surface area (Å²) in [7, 11) is 0. The van der Waals surface area contributed by atoms with Gasteiger partial charge in [0.2, 0.25) is 0 Å². The van der Waals surface area contributed by atoms with Crippen molar-refractivity contribution in [3.05, 3.63) is 53.0 Å². The lowest BCUT2D eigenvalue weighted by molar-refractivity contribution is 0.0912. The van der Waals surface area contributed by atoms with E-state index < -0.39 is 5.91 Å². The van der Waals surface area contributed by atoms with Crippen LogP contribution in [0, 0.1) is 0 Å². The molecule has 0 spiro atoms. The second-order valence-electron chi connectivity index (χ2n) is 4.40. The first-order valence-electron chi connectivity index (χ1n) is 7.09. The average Bonchev–Trinajstić information content (AvgIpc) is 3.04. The normalized spacial score (nSPS) is 10.6. The zero-order valence-corrected chi connectivity index (χ0v) is 14.6. The second-order valence-corrected chi connectivity index (χ2v) is 5.25. The summed E-state index contributed by atoms with van der Waals surface area (Å²) in [5.74, 6) is 0.145. The smallest absolute Gasteiger partial charge is 0.327 e. The van der Waals surface area contributed by atoms with Gasteiger partial charge in [-0.2, -0.15) is 5.10 Å². The van der Waals surface area contributed by atoms with E-state index in [1.165, 1.54) is 12.4 Å². The van der Waals surface area contributed by atoms with Crippen LogP contribution in [0.25, 0.3) is 0 Å². The Labute approximate surface area is 147 Å². The molecular formula is C16H16BrN3O4. The first-order valence-corrected chi connectivity index (χ1v) is 7.88. The van der Waals surface area contributed by atoms with Crippen LogP contribution in [-0.2, 0) is 0 Å². The molecule has 2 aromatic rings. The van der Waals surface area contributed by atoms with Gasteiger partial charge in [-0.3, -0.25) is 4.79 Å². The lowest BCUT2D eigenvalue weighted by atomic mass is 10.2. The predicted molar refractivity (Wildman–Crippen MR) is 92.6 cm³/mol. The number of hydrogen-bond donors (Lipinski definition) is 1. The van der Waals surface area contributed by atoms with Gasteiger partial charge < -0.3 is 13.9 Å². The molecule has 0 saturated carbocycles. The van der Waals surface area contributed by atoms with E-state index in [-0.39, 0.29) is 11.8 Å². The molecule has 24 heavy (non-hydrogen) atoms. The van der Waals surface area contributed by atoms with E-state index in [1.54, 1.807) is 19.1 Å². The second kappa shape index (κ2) is 8.88. The maximum absolute atomic E-state index is 11.9. The maximum Gasteiger partial charge on any atom is 0.327 e. The van der Waals surface area contributed by atoms with Gasteiger partial charge >= 0.3 is 11.9 Å². The lowest BCUT2D eigenvalue weighted by Gasteiger charge is -2.05. The molecule has 7 nitrogen and oxygen atoms in total. The molecule has 2 rings (SSSR count). The fourth-order valence-corrected chi connectivity index (χ4v) is 2.00. The number of benzene rings is 1. The van der Waals surface area contributed by atoms with Crippen LogP contribution in [0.4, 0.5) is 0 Å². The summed E-state index contributed by atoms with van der Waals surface area (Å²) in [6.45, 7) is 6.23. The van der Waals surface area contributed by atoms with Crippen LogP contribution < -0.4 is 14.9 Å². The molecule has 0 radical (unpaired) electrons. The fourth-order valence-electron chi connectivity index (χ4n) is 1.65. The first kappa shape index (κ1) is 17.7. The molecule has 126 valence electrons. The molecule has 0 bridgehead atoms. The van der Waals surface area contributed by atoms with Gasteiger partial charge in [-0.1, -0.05) is 28.6 Å². The zero-order valence-electron chi connectivity index (χ0n) is 13.0. The highest BCUT2D eigenvalue weighted by atomic mass is 79.9. The third kappa shape index (κ3) is 4.95. The highest BCUT2D eigenvalue weighted by Gasteiger charge is 2.12. The van der Waals surface area contributed by atoms with Crippen LogP contribution in [0.1, 0.15) is 23.2 Å². The summed E-state index contributed by atoms with van der Waals surface area (Å²) >= 11 is 3.40. The Morgan fingerprint density at radius 1 is 1.50 bits per heavy atom. The molecule has 0 aliphatic carbocycles. The van der Waals surface area contributed by atoms with Gasteiger partial charge in [0.25, 0.3) is 5.89 Å². The molecule has 1 N–H and O–H groups in total. The topological polar surface area (TPSA) is 86.0 Å². The third-order valence-corrected chi connectivity index (χ3v) is 3.39. The molecule has 1 aromatic heterocycles. The van der Waals surface area contributed by atoms with Crippen molar-refractivity contribution < 1.29 is 18.7 Å². The van der Waals surface area contributed by atoms with Crippen LogP contribution in [0.2, 0.25) is 0 Å². The number of halogens is 1. The first-order chi connectivity index (χ1) is 11.6. The summed E-state index contributed by atoms with van der Waals surface area (Å²) in [6.07, 6.45) is 4.47. The van der Waals surface area contributed by atoms with Crippen LogP contribution >= 0.6 is 15.9 Å². The van der Waals surface area contributed by atoms with Crippen LogP contribution in [0.15, 0.2) is 51.0 Å². The third-order valence-electron chi connectivity index (χ3n) is 2.67. The Kier molecular flexibility index (Phi) is 6.56. The number of nitrogens with one attached hydrogen (secondary N) is 1. The van der Waals surface area contributed by atoms with Crippen molar-refractivity contribution in [1.29, 1.82) is 0 Å². The molecule has 0 atom stereocenters. The van der Waals surface area contributed by atoms with E-state index in [0.29, 0.717) is 19.0 Å². The molecule has 0 unspecified atom stereocenters. The number of oxazole rings is 1. The molecular weight excluding hydrogens is 378 g/mol. The molecule has 0 aliphatic rings. The highest BCUT2D eigenvalue weighted by Crippen LogP contribution is 2.21. The highest BCUT2D eigenvalue weighted by molar-refractivity contribution is 9.10. The van der Waals surface area contributed by atoms with Crippen LogP contribution in [-0.4, -0.2) is 30.3 Å². The van der Waals surface area contributed by atoms with Crippen molar-refractivity contribution in [3.63, 3.8) is 0 Å². The van der Waals surface area contributed by atoms with Crippen molar-refractivity contribution in [1.82, 2.24) is 10.4 Å². The van der Waals surface area contributed by atoms with Gasteiger partial charge in [0.05, 0.1) is 12.8 Å². The summed E-state index contributed by atoms with van der Waals surface area (Å²) in [6, 6.07) is 5.41. The van der Waals surface area contributed by atoms with E-state index in [1.807, 2.05) is 12.1 Å². The average molecular weight is 394 g/mol. The minimum atomic E-state index is -0.576. The van der Waals surface area contributed by atoms with Gasteiger partial charge in [-0.15, -0.1) is 0 Å². The van der Waals surface area contributed by atoms with E-state index in [2.05, 4.69) is 38.0 Å². The number of hydrogen-bond acceptors (Lipinski definition) is 6. The van der Waals surface area contributed by atoms with Crippen LogP contribution in [0.3, 0.4) is 0 Å². The largest absolute Gasteiger partial charge is 0.490 e. The number of ether oxygens (including phenoxy) is 2. The fraction of sp³-hybridized carbons (Fsp3) is 0.188. The minimum absolute atomic E-state index is 0.127. The van der Waals surface area contributed by atoms with E-state index in [4.69, 9.17) is 13.9 Å². The van der Waals surface area contributed by atoms with Gasteiger partial charge in [0.1, 0.15) is 18.6 Å². The van der Waals surface area contributed by atoms with Gasteiger partial charge in [-0.25, -0.2) is 10.4 Å². The Morgan fingerprint density at radius 2 is 2.33 bits per heavy atom. The van der Waals surface area contributed by atoms with Crippen molar-refractivity contribution >= 4 is 28.1 Å². The number of carbonyl (C=O) groups is 1. The van der Waals surface area contributed by atoms with E-state index >= 15 is 0 Å². The number of hydrazone groups is 1. The summed E-state index contributed by atoms with van der Waals surface area (Å²) < 4.78 is 16.5. The quantitative estimate of drug-likeness (QED) is 0.422. The monoisotopic (exact) mass is 393 g/mol. The minimum Gasteiger partial charge on any atom is -0.490 e. The van der Waals surface area contributed by atoms with Crippen molar-refractivity contribution in [2.75, 3.05) is 13.2 Å². The molecule has 1 aromatic carbocycles. The van der Waals surface area contributed by atoms with Crippen molar-refractivity contribution in [2.24, 2.45) is 5.10 Å². The SMILES string of the molecule is C=CCOc1ccc(Br)c(C=NNC(=O)c2ncc(OCC)o2)c1. The molecule has 8 heteroatoms. The van der Waals surface area contributed by atoms with Gasteiger partial charge in [0.15, 0.2) is 0 Å². The lowest BCUT2D eigenvalue weighted by Crippen LogP contribution is -2.17. The van der Waals surface area contributed by atoms with E-state index in [0.717, 1.165) is 10.0 Å². The molecule has 0 saturated heterocycles. The number of carbonyl (C=O) groups excluding carboxylic acids is 1. The maximum atomic E-state index is 11.9. The number of amides is 1. The standard InChI is InChI=1S/C16H16BrN3O4/c1-3-7-23-12-5-6-13(17)11(8-12)9-19-20-15(21)16-18-10-14(24-16)22-4-2/h3,5-6,8-10H,1,4,7H2,2H3,(H,20,21). The van der Waals surface area contributed by atoms with Crippen molar-refractivity contribution in [3.8, 4) is 11.7 Å². The number of rotatable bonds is 8. The van der Waals surface area contributed by atoms with Gasteiger partial charge in [0, 0.05) is 10.0 Å². The van der Waals surface area contributed by atoms with Crippen molar-refractivity contribution in [2.45, 2.75) is 6.92 Å². The molecule has 1 heterocycles. The predicted octanol–water partition coefficient (Wildman–Crippen LogP) is 3.16. The zero-order chi connectivity index (χ0) is 17.4.